The van der Waals surface area contributed by atoms with Crippen molar-refractivity contribution in [3.8, 4) is 5.69 Å². The Morgan fingerprint density at radius 1 is 1.07 bits per heavy atom. The molecule has 1 aromatic heterocycles. The summed E-state index contributed by atoms with van der Waals surface area (Å²) in [6.45, 7) is 8.77. The van der Waals surface area contributed by atoms with Crippen LogP contribution >= 0.6 is 0 Å². The Morgan fingerprint density at radius 2 is 1.83 bits per heavy atom. The van der Waals surface area contributed by atoms with Gasteiger partial charge in [-0.2, -0.15) is 4.68 Å². The van der Waals surface area contributed by atoms with Crippen molar-refractivity contribution in [1.29, 1.82) is 0 Å². The number of aryl methyl sites for hydroxylation is 2. The summed E-state index contributed by atoms with van der Waals surface area (Å²) >= 11 is 0. The second-order valence-corrected chi connectivity index (χ2v) is 7.57. The van der Waals surface area contributed by atoms with Crippen LogP contribution in [0.2, 0.25) is 0 Å². The van der Waals surface area contributed by atoms with Crippen LogP contribution in [0.3, 0.4) is 0 Å². The summed E-state index contributed by atoms with van der Waals surface area (Å²) in [6.07, 6.45) is 0.958. The van der Waals surface area contributed by atoms with Crippen LogP contribution in [0.5, 0.6) is 0 Å². The molecule has 1 N–H and O–H groups in total. The van der Waals surface area contributed by atoms with Gasteiger partial charge in [-0.15, -0.1) is 0 Å². The summed E-state index contributed by atoms with van der Waals surface area (Å²) in [4.78, 5) is 16.7. The number of carbonyl (C=O) groups is 1. The highest BCUT2D eigenvalue weighted by Crippen LogP contribution is 2.21. The van der Waals surface area contributed by atoms with E-state index in [0.29, 0.717) is 32.1 Å². The van der Waals surface area contributed by atoms with Crippen LogP contribution in [-0.4, -0.2) is 57.3 Å². The smallest absolute Gasteiger partial charge is 0.321 e. The number of nitrogens with one attached hydrogen (secondary N) is 1. The highest BCUT2D eigenvalue weighted by atomic mass is 16.2. The molecular weight excluding hydrogens is 378 g/mol. The Kier molecular flexibility index (Phi) is 5.65. The Hall–Kier alpha value is -3.42. The minimum atomic E-state index is -0.0708. The molecule has 2 aromatic carbocycles. The molecule has 2 heterocycles. The zero-order valence-corrected chi connectivity index (χ0v) is 17.7. The molecule has 0 aliphatic carbocycles. The van der Waals surface area contributed by atoms with E-state index >= 15 is 0 Å². The second kappa shape index (κ2) is 8.52. The quantitative estimate of drug-likeness (QED) is 0.721. The first kappa shape index (κ1) is 19.9. The van der Waals surface area contributed by atoms with Crippen LogP contribution in [0.15, 0.2) is 42.5 Å². The standard InChI is InChI=1S/C22H27N7O/c1-4-18-8-6-9-19(15-18)29-21(24-25-26-29)27-11-13-28(14-12-27)22(30)23-20-10-5-7-16(2)17(20)3/h5-10,15H,4,11-14H2,1-3H3,(H,23,30). The summed E-state index contributed by atoms with van der Waals surface area (Å²) < 4.78 is 1.77. The molecule has 0 spiro atoms. The molecule has 3 aromatic rings. The van der Waals surface area contributed by atoms with Gasteiger partial charge < -0.3 is 15.1 Å². The van der Waals surface area contributed by atoms with E-state index in [4.69, 9.17) is 0 Å². The second-order valence-electron chi connectivity index (χ2n) is 7.57. The lowest BCUT2D eigenvalue weighted by atomic mass is 10.1. The fourth-order valence-electron chi connectivity index (χ4n) is 3.65. The van der Waals surface area contributed by atoms with Crippen molar-refractivity contribution in [3.63, 3.8) is 0 Å². The van der Waals surface area contributed by atoms with Crippen molar-refractivity contribution in [2.75, 3.05) is 36.4 Å². The number of rotatable bonds is 4. The van der Waals surface area contributed by atoms with E-state index in [9.17, 15) is 4.79 Å². The number of aromatic nitrogens is 4. The van der Waals surface area contributed by atoms with E-state index in [1.807, 2.05) is 49.1 Å². The van der Waals surface area contributed by atoms with Crippen LogP contribution in [-0.2, 0) is 6.42 Å². The molecule has 1 fully saturated rings. The number of nitrogens with zero attached hydrogens (tertiary/aromatic N) is 6. The lowest BCUT2D eigenvalue weighted by Gasteiger charge is -2.34. The number of carbonyl (C=O) groups excluding carboxylic acids is 1. The molecule has 4 rings (SSSR count). The Morgan fingerprint density at radius 3 is 2.60 bits per heavy atom. The van der Waals surface area contributed by atoms with E-state index in [1.54, 1.807) is 4.68 Å². The molecule has 30 heavy (non-hydrogen) atoms. The van der Waals surface area contributed by atoms with Gasteiger partial charge in [-0.3, -0.25) is 0 Å². The number of piperazine rings is 1. The highest BCUT2D eigenvalue weighted by molar-refractivity contribution is 5.90. The fourth-order valence-corrected chi connectivity index (χ4v) is 3.65. The first-order valence-corrected chi connectivity index (χ1v) is 10.3. The monoisotopic (exact) mass is 405 g/mol. The molecule has 0 radical (unpaired) electrons. The van der Waals surface area contributed by atoms with Crippen LogP contribution < -0.4 is 10.2 Å². The van der Waals surface area contributed by atoms with Crippen molar-refractivity contribution < 1.29 is 4.79 Å². The number of amides is 2. The molecule has 0 saturated carbocycles. The van der Waals surface area contributed by atoms with E-state index in [2.05, 4.69) is 44.8 Å². The van der Waals surface area contributed by atoms with Crippen molar-refractivity contribution >= 4 is 17.7 Å². The predicted octanol–water partition coefficient (Wildman–Crippen LogP) is 3.20. The van der Waals surface area contributed by atoms with Crippen LogP contribution in [0.25, 0.3) is 5.69 Å². The SMILES string of the molecule is CCc1cccc(-n2nnnc2N2CCN(C(=O)Nc3cccc(C)c3C)CC2)c1. The zero-order valence-electron chi connectivity index (χ0n) is 17.7. The average molecular weight is 406 g/mol. The molecular formula is C22H27N7O. The fraction of sp³-hybridized carbons (Fsp3) is 0.364. The maximum absolute atomic E-state index is 12.7. The number of benzene rings is 2. The minimum absolute atomic E-state index is 0.0708. The lowest BCUT2D eigenvalue weighted by Crippen LogP contribution is -2.50. The van der Waals surface area contributed by atoms with Crippen molar-refractivity contribution in [2.24, 2.45) is 0 Å². The maximum atomic E-state index is 12.7. The van der Waals surface area contributed by atoms with Gasteiger partial charge in [0.1, 0.15) is 0 Å². The Labute approximate surface area is 176 Å². The number of hydrogen-bond acceptors (Lipinski definition) is 5. The molecule has 1 aliphatic heterocycles. The first-order chi connectivity index (χ1) is 14.6. The molecule has 8 heteroatoms. The number of urea groups is 1. The van der Waals surface area contributed by atoms with E-state index in [-0.39, 0.29) is 6.03 Å². The molecule has 1 saturated heterocycles. The average Bonchev–Trinajstić information content (AvgIpc) is 3.27. The number of anilines is 2. The van der Waals surface area contributed by atoms with Gasteiger partial charge in [-0.25, -0.2) is 4.79 Å². The molecule has 156 valence electrons. The van der Waals surface area contributed by atoms with Gasteiger partial charge in [-0.05, 0) is 65.6 Å². The van der Waals surface area contributed by atoms with Gasteiger partial charge in [0.15, 0.2) is 0 Å². The minimum Gasteiger partial charge on any atom is -0.336 e. The molecule has 0 unspecified atom stereocenters. The van der Waals surface area contributed by atoms with Crippen molar-refractivity contribution in [1.82, 2.24) is 25.1 Å². The number of tetrazole rings is 1. The van der Waals surface area contributed by atoms with Gasteiger partial charge >= 0.3 is 6.03 Å². The Bertz CT molecular complexity index is 1040. The zero-order chi connectivity index (χ0) is 21.1. The van der Waals surface area contributed by atoms with Crippen LogP contribution in [0.1, 0.15) is 23.6 Å². The molecule has 8 nitrogen and oxygen atoms in total. The van der Waals surface area contributed by atoms with Crippen LogP contribution in [0.4, 0.5) is 16.4 Å². The largest absolute Gasteiger partial charge is 0.336 e. The third-order valence-corrected chi connectivity index (χ3v) is 5.71. The summed E-state index contributed by atoms with van der Waals surface area (Å²) in [5.74, 6) is 0.706. The predicted molar refractivity (Wildman–Crippen MR) is 117 cm³/mol. The first-order valence-electron chi connectivity index (χ1n) is 10.3. The third kappa shape index (κ3) is 3.98. The van der Waals surface area contributed by atoms with Crippen molar-refractivity contribution in [3.05, 3.63) is 59.2 Å². The third-order valence-electron chi connectivity index (χ3n) is 5.71. The molecule has 0 bridgehead atoms. The normalized spacial score (nSPS) is 14.1. The molecule has 2 amide bonds. The van der Waals surface area contributed by atoms with Gasteiger partial charge in [0.2, 0.25) is 5.95 Å². The summed E-state index contributed by atoms with van der Waals surface area (Å²) in [6, 6.07) is 14.1. The van der Waals surface area contributed by atoms with Gasteiger partial charge in [0.25, 0.3) is 0 Å². The van der Waals surface area contributed by atoms with Crippen molar-refractivity contribution in [2.45, 2.75) is 27.2 Å². The topological polar surface area (TPSA) is 79.2 Å². The molecule has 1 aliphatic rings. The van der Waals surface area contributed by atoms with Gasteiger partial charge in [0, 0.05) is 31.9 Å². The van der Waals surface area contributed by atoms with Gasteiger partial charge in [0.05, 0.1) is 5.69 Å². The lowest BCUT2D eigenvalue weighted by molar-refractivity contribution is 0.208. The highest BCUT2D eigenvalue weighted by Gasteiger charge is 2.25. The Balaban J connectivity index is 1.42. The number of hydrogen-bond donors (Lipinski definition) is 1. The summed E-state index contributed by atoms with van der Waals surface area (Å²) in [5.41, 5.74) is 5.31. The van der Waals surface area contributed by atoms with Gasteiger partial charge in [-0.1, -0.05) is 36.3 Å². The van der Waals surface area contributed by atoms with E-state index in [0.717, 1.165) is 28.9 Å². The summed E-state index contributed by atoms with van der Waals surface area (Å²) in [5, 5.41) is 15.4. The summed E-state index contributed by atoms with van der Waals surface area (Å²) in [7, 11) is 0. The van der Waals surface area contributed by atoms with Crippen LogP contribution in [0, 0.1) is 13.8 Å². The molecule has 0 atom stereocenters. The van der Waals surface area contributed by atoms with E-state index < -0.39 is 0 Å². The maximum Gasteiger partial charge on any atom is 0.321 e. The van der Waals surface area contributed by atoms with E-state index in [1.165, 1.54) is 5.56 Å².